The van der Waals surface area contributed by atoms with Crippen LogP contribution in [0, 0.1) is 5.82 Å². The average Bonchev–Trinajstić information content (AvgIpc) is 3.37. The highest BCUT2D eigenvalue weighted by Crippen LogP contribution is 2.24. The van der Waals surface area contributed by atoms with Crippen LogP contribution in [-0.2, 0) is 11.3 Å². The predicted molar refractivity (Wildman–Crippen MR) is 115 cm³/mol. The fourth-order valence-corrected chi connectivity index (χ4v) is 4.23. The largest absolute Gasteiger partial charge is 0.348 e. The smallest absolute Gasteiger partial charge is 0.244 e. The molecule has 0 saturated carbocycles. The molecule has 148 valence electrons. The van der Waals surface area contributed by atoms with Crippen molar-refractivity contribution in [3.8, 4) is 10.6 Å². The summed E-state index contributed by atoms with van der Waals surface area (Å²) < 4.78 is 13.0. The number of carbonyl (C=O) groups is 1. The third-order valence-corrected chi connectivity index (χ3v) is 5.80. The number of rotatable bonds is 6. The fraction of sp³-hybridized carbons (Fsp3) is 0.217. The summed E-state index contributed by atoms with van der Waals surface area (Å²) in [7, 11) is 0. The van der Waals surface area contributed by atoms with Crippen LogP contribution in [0.4, 0.5) is 4.39 Å². The van der Waals surface area contributed by atoms with E-state index >= 15 is 0 Å². The van der Waals surface area contributed by atoms with Crippen LogP contribution in [0.1, 0.15) is 17.7 Å². The Balaban J connectivity index is 1.28. The molecule has 2 aromatic carbocycles. The standard InChI is InChI=1S/C23H22FN3OS/c24-19-8-6-18(7-9-19)23-26-21(16-29-23)10-11-22(28)25-20-12-13-27(15-20)14-17-4-2-1-3-5-17/h1-11,16,20H,12-15H2,(H,25,28)/b11-10+. The lowest BCUT2D eigenvalue weighted by Crippen LogP contribution is -2.35. The zero-order chi connectivity index (χ0) is 20.1. The molecule has 1 amide bonds. The molecule has 1 fully saturated rings. The first-order valence-corrected chi connectivity index (χ1v) is 10.5. The van der Waals surface area contributed by atoms with E-state index in [1.165, 1.54) is 35.1 Å². The van der Waals surface area contributed by atoms with Crippen molar-refractivity contribution in [2.24, 2.45) is 0 Å². The van der Waals surface area contributed by atoms with E-state index in [1.54, 1.807) is 18.2 Å². The van der Waals surface area contributed by atoms with Gasteiger partial charge in [-0.25, -0.2) is 9.37 Å². The number of carbonyl (C=O) groups excluding carboxylic acids is 1. The zero-order valence-corrected chi connectivity index (χ0v) is 16.7. The van der Waals surface area contributed by atoms with Gasteiger partial charge in [-0.15, -0.1) is 11.3 Å². The minimum Gasteiger partial charge on any atom is -0.348 e. The minimum atomic E-state index is -0.267. The van der Waals surface area contributed by atoms with Gasteiger partial charge in [0.25, 0.3) is 0 Å². The first-order valence-electron chi connectivity index (χ1n) is 9.62. The number of halogens is 1. The first-order chi connectivity index (χ1) is 14.2. The fourth-order valence-electron chi connectivity index (χ4n) is 3.43. The van der Waals surface area contributed by atoms with Crippen molar-refractivity contribution in [2.75, 3.05) is 13.1 Å². The van der Waals surface area contributed by atoms with Crippen molar-refractivity contribution < 1.29 is 9.18 Å². The monoisotopic (exact) mass is 407 g/mol. The van der Waals surface area contributed by atoms with E-state index in [2.05, 4.69) is 39.5 Å². The maximum atomic E-state index is 13.0. The number of nitrogens with one attached hydrogen (secondary N) is 1. The number of benzene rings is 2. The highest BCUT2D eigenvalue weighted by atomic mass is 32.1. The molecule has 0 aliphatic carbocycles. The van der Waals surface area contributed by atoms with Crippen molar-refractivity contribution >= 4 is 23.3 Å². The maximum absolute atomic E-state index is 13.0. The molecule has 1 N–H and O–H groups in total. The van der Waals surface area contributed by atoms with Gasteiger partial charge in [-0.05, 0) is 42.3 Å². The van der Waals surface area contributed by atoms with Crippen LogP contribution < -0.4 is 5.32 Å². The number of nitrogens with zero attached hydrogens (tertiary/aromatic N) is 2. The van der Waals surface area contributed by atoms with Crippen LogP contribution in [0.15, 0.2) is 66.1 Å². The van der Waals surface area contributed by atoms with Gasteiger partial charge in [0.2, 0.25) is 5.91 Å². The molecule has 1 aliphatic heterocycles. The molecule has 1 unspecified atom stereocenters. The van der Waals surface area contributed by atoms with Crippen molar-refractivity contribution in [2.45, 2.75) is 19.0 Å². The molecule has 4 rings (SSSR count). The molecule has 6 heteroatoms. The Morgan fingerprint density at radius 2 is 2.00 bits per heavy atom. The van der Waals surface area contributed by atoms with Crippen molar-refractivity contribution in [1.29, 1.82) is 0 Å². The molecular weight excluding hydrogens is 385 g/mol. The van der Waals surface area contributed by atoms with E-state index in [9.17, 15) is 9.18 Å². The van der Waals surface area contributed by atoms with Crippen molar-refractivity contribution in [3.63, 3.8) is 0 Å². The summed E-state index contributed by atoms with van der Waals surface area (Å²) >= 11 is 1.47. The Hall–Kier alpha value is -2.83. The van der Waals surface area contributed by atoms with Crippen LogP contribution in [0.3, 0.4) is 0 Å². The number of hydrogen-bond acceptors (Lipinski definition) is 4. The Kier molecular flexibility index (Phi) is 6.12. The molecular formula is C23H22FN3OS. The van der Waals surface area contributed by atoms with E-state index in [1.807, 2.05) is 11.4 Å². The summed E-state index contributed by atoms with van der Waals surface area (Å²) in [6.45, 7) is 2.75. The molecule has 4 nitrogen and oxygen atoms in total. The molecule has 0 spiro atoms. The normalized spacial score (nSPS) is 17.1. The van der Waals surface area contributed by atoms with Gasteiger partial charge in [-0.3, -0.25) is 9.69 Å². The lowest BCUT2D eigenvalue weighted by Gasteiger charge is -2.16. The minimum absolute atomic E-state index is 0.104. The van der Waals surface area contributed by atoms with Crippen LogP contribution >= 0.6 is 11.3 Å². The third kappa shape index (κ3) is 5.37. The van der Waals surface area contributed by atoms with Crippen molar-refractivity contribution in [1.82, 2.24) is 15.2 Å². The number of aromatic nitrogens is 1. The predicted octanol–water partition coefficient (Wildman–Crippen LogP) is 4.35. The molecule has 2 heterocycles. The molecule has 1 aromatic heterocycles. The number of amides is 1. The average molecular weight is 408 g/mol. The molecule has 1 aliphatic rings. The highest BCUT2D eigenvalue weighted by molar-refractivity contribution is 7.13. The zero-order valence-electron chi connectivity index (χ0n) is 15.9. The van der Waals surface area contributed by atoms with Crippen molar-refractivity contribution in [3.05, 3.63) is 83.1 Å². The SMILES string of the molecule is O=C(/C=C/c1csc(-c2ccc(F)cc2)n1)NC1CCN(Cc2ccccc2)C1. The summed E-state index contributed by atoms with van der Waals surface area (Å²) in [5.74, 6) is -0.371. The summed E-state index contributed by atoms with van der Waals surface area (Å²) in [5, 5.41) is 5.77. The van der Waals surface area contributed by atoms with Gasteiger partial charge < -0.3 is 5.32 Å². The maximum Gasteiger partial charge on any atom is 0.244 e. The lowest BCUT2D eigenvalue weighted by molar-refractivity contribution is -0.117. The lowest BCUT2D eigenvalue weighted by atomic mass is 10.2. The number of likely N-dealkylation sites (tertiary alicyclic amines) is 1. The Morgan fingerprint density at radius 3 is 2.79 bits per heavy atom. The second kappa shape index (κ2) is 9.11. The molecule has 29 heavy (non-hydrogen) atoms. The van der Waals surface area contributed by atoms with Crippen LogP contribution in [0.2, 0.25) is 0 Å². The molecule has 1 saturated heterocycles. The Bertz CT molecular complexity index is 985. The van der Waals surface area contributed by atoms with Gasteiger partial charge in [0.1, 0.15) is 10.8 Å². The third-order valence-electron chi connectivity index (χ3n) is 4.89. The molecule has 3 aromatic rings. The summed E-state index contributed by atoms with van der Waals surface area (Å²) in [5.41, 5.74) is 2.88. The van der Waals surface area contributed by atoms with Crippen LogP contribution in [-0.4, -0.2) is 34.9 Å². The number of hydrogen-bond donors (Lipinski definition) is 1. The van der Waals surface area contributed by atoms with Gasteiger partial charge in [0, 0.05) is 42.7 Å². The van der Waals surface area contributed by atoms with Gasteiger partial charge in [-0.1, -0.05) is 30.3 Å². The van der Waals surface area contributed by atoms with E-state index in [0.29, 0.717) is 0 Å². The van der Waals surface area contributed by atoms with E-state index in [0.717, 1.165) is 42.3 Å². The van der Waals surface area contributed by atoms with Gasteiger partial charge in [0.05, 0.1) is 5.69 Å². The quantitative estimate of drug-likeness (QED) is 0.618. The van der Waals surface area contributed by atoms with Gasteiger partial charge >= 0.3 is 0 Å². The molecule has 0 radical (unpaired) electrons. The second-order valence-corrected chi connectivity index (χ2v) is 7.99. The second-order valence-electron chi connectivity index (χ2n) is 7.13. The van der Waals surface area contributed by atoms with E-state index in [-0.39, 0.29) is 17.8 Å². The Morgan fingerprint density at radius 1 is 1.21 bits per heavy atom. The topological polar surface area (TPSA) is 45.2 Å². The number of thiazole rings is 1. The highest BCUT2D eigenvalue weighted by Gasteiger charge is 2.23. The summed E-state index contributed by atoms with van der Waals surface area (Å²) in [6, 6.07) is 16.8. The molecule has 0 bridgehead atoms. The Labute approximate surface area is 173 Å². The molecule has 1 atom stereocenters. The van der Waals surface area contributed by atoms with Gasteiger partial charge in [-0.2, -0.15) is 0 Å². The van der Waals surface area contributed by atoms with E-state index in [4.69, 9.17) is 0 Å². The van der Waals surface area contributed by atoms with E-state index < -0.39 is 0 Å². The van der Waals surface area contributed by atoms with Crippen LogP contribution in [0.25, 0.3) is 16.6 Å². The van der Waals surface area contributed by atoms with Gasteiger partial charge in [0.15, 0.2) is 0 Å². The van der Waals surface area contributed by atoms with Crippen LogP contribution in [0.5, 0.6) is 0 Å². The summed E-state index contributed by atoms with van der Waals surface area (Å²) in [6.07, 6.45) is 4.21. The first kappa shape index (κ1) is 19.5. The summed E-state index contributed by atoms with van der Waals surface area (Å²) in [4.78, 5) is 19.1.